The molecule has 2 heterocycles. The van der Waals surface area contributed by atoms with E-state index in [1.165, 1.54) is 0 Å². The van der Waals surface area contributed by atoms with Crippen LogP contribution in [0.4, 0.5) is 0 Å². The van der Waals surface area contributed by atoms with E-state index in [0.29, 0.717) is 6.54 Å². The van der Waals surface area contributed by atoms with Gasteiger partial charge in [0.1, 0.15) is 11.6 Å². The van der Waals surface area contributed by atoms with Crippen molar-refractivity contribution in [3.05, 3.63) is 11.6 Å². The van der Waals surface area contributed by atoms with Gasteiger partial charge in [-0.2, -0.15) is 5.10 Å². The van der Waals surface area contributed by atoms with Crippen LogP contribution in [0, 0.1) is 12.3 Å². The molecule has 158 valence electrons. The van der Waals surface area contributed by atoms with Crippen LogP contribution in [0.25, 0.3) is 0 Å². The van der Waals surface area contributed by atoms with E-state index in [2.05, 4.69) is 27.6 Å². The first kappa shape index (κ1) is 22.9. The van der Waals surface area contributed by atoms with Crippen LogP contribution >= 0.6 is 24.0 Å². The Bertz CT molecular complexity index is 694. The fourth-order valence-corrected chi connectivity index (χ4v) is 4.29. The Balaban J connectivity index is 0.00000280. The van der Waals surface area contributed by atoms with Crippen LogP contribution in [-0.4, -0.2) is 58.7 Å². The molecule has 1 aliphatic carbocycles. The number of rotatable bonds is 5. The lowest BCUT2D eigenvalue weighted by Crippen LogP contribution is -2.44. The average Bonchev–Trinajstić information content (AvgIpc) is 3.26. The van der Waals surface area contributed by atoms with Crippen LogP contribution in [0.1, 0.15) is 63.1 Å². The van der Waals surface area contributed by atoms with Crippen molar-refractivity contribution in [3.63, 3.8) is 0 Å². The van der Waals surface area contributed by atoms with E-state index in [9.17, 15) is 4.79 Å². The molecule has 1 unspecified atom stereocenters. The molecule has 28 heavy (non-hydrogen) atoms. The summed E-state index contributed by atoms with van der Waals surface area (Å²) in [5.74, 6) is 2.74. The molecule has 0 aromatic carbocycles. The molecule has 8 nitrogen and oxygen atoms in total. The number of fused-ring (bicyclic) bond motifs is 1. The van der Waals surface area contributed by atoms with Gasteiger partial charge in [-0.25, -0.2) is 9.67 Å². The highest BCUT2D eigenvalue weighted by Gasteiger charge is 2.42. The molecule has 0 spiro atoms. The largest absolute Gasteiger partial charge is 0.357 e. The zero-order chi connectivity index (χ0) is 19.4. The van der Waals surface area contributed by atoms with Crippen molar-refractivity contribution in [2.24, 2.45) is 10.4 Å². The molecule has 0 saturated heterocycles. The Morgan fingerprint density at radius 2 is 2.04 bits per heavy atom. The minimum atomic E-state index is -0.352. The summed E-state index contributed by atoms with van der Waals surface area (Å²) in [6.07, 6.45) is 6.11. The lowest BCUT2D eigenvalue weighted by atomic mass is 9.85. The van der Waals surface area contributed by atoms with E-state index >= 15 is 0 Å². The minimum absolute atomic E-state index is 0. The van der Waals surface area contributed by atoms with Gasteiger partial charge in [0.15, 0.2) is 5.96 Å². The number of hydrogen-bond donors (Lipinski definition) is 2. The van der Waals surface area contributed by atoms with Crippen molar-refractivity contribution in [1.82, 2.24) is 30.3 Å². The highest BCUT2D eigenvalue weighted by Crippen LogP contribution is 2.39. The molecular formula is C19H34IN7O. The Labute approximate surface area is 185 Å². The van der Waals surface area contributed by atoms with Crippen LogP contribution in [0.2, 0.25) is 0 Å². The van der Waals surface area contributed by atoms with Crippen molar-refractivity contribution >= 4 is 35.8 Å². The summed E-state index contributed by atoms with van der Waals surface area (Å²) in [6, 6.07) is 0.0989. The van der Waals surface area contributed by atoms with Gasteiger partial charge in [-0.05, 0) is 39.5 Å². The molecule has 0 radical (unpaired) electrons. The maximum absolute atomic E-state index is 12.8. The number of guanidine groups is 1. The molecule has 2 N–H and O–H groups in total. The van der Waals surface area contributed by atoms with Crippen molar-refractivity contribution < 1.29 is 4.79 Å². The van der Waals surface area contributed by atoms with Gasteiger partial charge in [-0.3, -0.25) is 9.79 Å². The van der Waals surface area contributed by atoms with Gasteiger partial charge in [0, 0.05) is 27.2 Å². The predicted molar refractivity (Wildman–Crippen MR) is 121 cm³/mol. The van der Waals surface area contributed by atoms with Crippen LogP contribution in [0.3, 0.4) is 0 Å². The standard InChI is InChI=1S/C19H33N7O.HI/c1-5-20-18(21-13-19(10-6-7-11-19)17(27)25(3)4)23-15-9-8-12-26-16(15)22-14(2)24-26;/h15H,5-13H2,1-4H3,(H2,20,21,23);1H. The van der Waals surface area contributed by atoms with E-state index in [1.54, 1.807) is 4.90 Å². The number of amides is 1. The summed E-state index contributed by atoms with van der Waals surface area (Å²) in [4.78, 5) is 23.9. The quantitative estimate of drug-likeness (QED) is 0.366. The maximum atomic E-state index is 12.8. The van der Waals surface area contributed by atoms with Crippen molar-refractivity contribution in [3.8, 4) is 0 Å². The minimum Gasteiger partial charge on any atom is -0.357 e. The lowest BCUT2D eigenvalue weighted by molar-refractivity contribution is -0.138. The lowest BCUT2D eigenvalue weighted by Gasteiger charge is -2.30. The van der Waals surface area contributed by atoms with E-state index in [0.717, 1.165) is 69.2 Å². The summed E-state index contributed by atoms with van der Waals surface area (Å²) in [5.41, 5.74) is -0.352. The summed E-state index contributed by atoms with van der Waals surface area (Å²) in [6.45, 7) is 6.21. The van der Waals surface area contributed by atoms with Gasteiger partial charge < -0.3 is 15.5 Å². The smallest absolute Gasteiger partial charge is 0.230 e. The second kappa shape index (κ2) is 9.89. The van der Waals surface area contributed by atoms with Gasteiger partial charge in [-0.1, -0.05) is 12.8 Å². The first-order valence-corrected chi connectivity index (χ1v) is 10.1. The number of halogens is 1. The van der Waals surface area contributed by atoms with Gasteiger partial charge in [0.2, 0.25) is 5.91 Å². The van der Waals surface area contributed by atoms with Crippen molar-refractivity contribution in [1.29, 1.82) is 0 Å². The zero-order valence-corrected chi connectivity index (χ0v) is 19.8. The van der Waals surface area contributed by atoms with Crippen LogP contribution in [-0.2, 0) is 11.3 Å². The monoisotopic (exact) mass is 503 g/mol. The van der Waals surface area contributed by atoms with Gasteiger partial charge in [0.25, 0.3) is 0 Å². The number of aryl methyl sites for hydroxylation is 2. The number of carbonyl (C=O) groups is 1. The number of nitrogens with one attached hydrogen (secondary N) is 2. The van der Waals surface area contributed by atoms with Crippen molar-refractivity contribution in [2.75, 3.05) is 27.2 Å². The average molecular weight is 503 g/mol. The molecule has 3 rings (SSSR count). The molecule has 0 bridgehead atoms. The van der Waals surface area contributed by atoms with E-state index in [-0.39, 0.29) is 41.3 Å². The second-order valence-corrected chi connectivity index (χ2v) is 7.96. The van der Waals surface area contributed by atoms with Crippen LogP contribution < -0.4 is 10.6 Å². The molecule has 1 saturated carbocycles. The third kappa shape index (κ3) is 4.96. The third-order valence-electron chi connectivity index (χ3n) is 5.60. The van der Waals surface area contributed by atoms with E-state index in [4.69, 9.17) is 4.99 Å². The number of nitrogens with zero attached hydrogens (tertiary/aromatic N) is 5. The molecule has 1 amide bonds. The normalized spacial score (nSPS) is 20.9. The first-order valence-electron chi connectivity index (χ1n) is 10.1. The third-order valence-corrected chi connectivity index (χ3v) is 5.60. The molecule has 1 aliphatic heterocycles. The second-order valence-electron chi connectivity index (χ2n) is 7.96. The van der Waals surface area contributed by atoms with Gasteiger partial charge >= 0.3 is 0 Å². The molecular weight excluding hydrogens is 469 g/mol. The van der Waals surface area contributed by atoms with Crippen LogP contribution in [0.15, 0.2) is 4.99 Å². The Morgan fingerprint density at radius 3 is 2.68 bits per heavy atom. The molecule has 1 fully saturated rings. The molecule has 1 atom stereocenters. The van der Waals surface area contributed by atoms with Crippen LogP contribution in [0.5, 0.6) is 0 Å². The summed E-state index contributed by atoms with van der Waals surface area (Å²) in [5, 5.41) is 11.3. The van der Waals surface area contributed by atoms with Crippen molar-refractivity contribution in [2.45, 2.75) is 65.0 Å². The SMILES string of the molecule is CCNC(=NCC1(C(=O)N(C)C)CCCC1)NC1CCCn2nc(C)nc21.I. The van der Waals surface area contributed by atoms with Gasteiger partial charge in [-0.15, -0.1) is 24.0 Å². The predicted octanol–water partition coefficient (Wildman–Crippen LogP) is 2.24. The zero-order valence-electron chi connectivity index (χ0n) is 17.5. The molecule has 9 heteroatoms. The summed E-state index contributed by atoms with van der Waals surface area (Å²) in [7, 11) is 3.68. The first-order chi connectivity index (χ1) is 12.9. The fraction of sp³-hybridized carbons (Fsp3) is 0.789. The molecule has 1 aromatic rings. The highest BCUT2D eigenvalue weighted by molar-refractivity contribution is 14.0. The number of carbonyl (C=O) groups excluding carboxylic acids is 1. The Morgan fingerprint density at radius 1 is 1.32 bits per heavy atom. The highest BCUT2D eigenvalue weighted by atomic mass is 127. The Hall–Kier alpha value is -1.39. The summed E-state index contributed by atoms with van der Waals surface area (Å²) >= 11 is 0. The molecule has 1 aromatic heterocycles. The fourth-order valence-electron chi connectivity index (χ4n) is 4.29. The van der Waals surface area contributed by atoms with E-state index < -0.39 is 0 Å². The number of aromatic nitrogens is 3. The maximum Gasteiger partial charge on any atom is 0.230 e. The molecule has 2 aliphatic rings. The summed E-state index contributed by atoms with van der Waals surface area (Å²) < 4.78 is 1.99. The van der Waals surface area contributed by atoms with Gasteiger partial charge in [0.05, 0.1) is 18.0 Å². The topological polar surface area (TPSA) is 87.4 Å². The number of hydrogen-bond acceptors (Lipinski definition) is 4. The number of aliphatic imine (C=N–C) groups is 1. The Kier molecular flexibility index (Phi) is 8.08. The van der Waals surface area contributed by atoms with E-state index in [1.807, 2.05) is 25.7 Å².